The number of halogens is 1. The first kappa shape index (κ1) is 14.2. The Balaban J connectivity index is 1.90. The average molecular weight is 289 g/mol. The monoisotopic (exact) mass is 289 g/mol. The number of rotatable bonds is 5. The Morgan fingerprint density at radius 1 is 1.20 bits per heavy atom. The maximum Gasteiger partial charge on any atom is 0.124 e. The zero-order valence-electron chi connectivity index (χ0n) is 10.6. The predicted molar refractivity (Wildman–Crippen MR) is 74.3 cm³/mol. The van der Waals surface area contributed by atoms with Crippen LogP contribution >= 0.6 is 0 Å². The highest BCUT2D eigenvalue weighted by atomic mass is 32.2. The van der Waals surface area contributed by atoms with E-state index in [2.05, 4.69) is 0 Å². The fourth-order valence-corrected chi connectivity index (χ4v) is 2.56. The van der Waals surface area contributed by atoms with Crippen LogP contribution in [0.3, 0.4) is 0 Å². The Morgan fingerprint density at radius 2 is 2.00 bits per heavy atom. The second-order valence-corrected chi connectivity index (χ2v) is 5.57. The molecule has 2 aromatic carbocycles. The first-order valence-electron chi connectivity index (χ1n) is 5.96. The lowest BCUT2D eigenvalue weighted by atomic mass is 10.2. The molecule has 0 amide bonds. The molecule has 102 valence electrons. The molecule has 0 saturated heterocycles. The van der Waals surface area contributed by atoms with E-state index in [1.165, 1.54) is 18.2 Å². The topological polar surface area (TPSA) is 50.1 Å². The number of hydrogen-bond donors (Lipinski definition) is 0. The standard InChI is InChI=1S/C15H12FNO2S/c16-13-4-2-6-15(10-13)20(18)8-7-19-14-5-1-3-12(9-14)11-17/h1-6,9-10H,7-8H2. The molecule has 0 spiro atoms. The van der Waals surface area contributed by atoms with Crippen LogP contribution < -0.4 is 4.74 Å². The molecular weight excluding hydrogens is 277 g/mol. The molecule has 3 nitrogen and oxygen atoms in total. The van der Waals surface area contributed by atoms with Crippen molar-refractivity contribution < 1.29 is 13.3 Å². The van der Waals surface area contributed by atoms with Crippen LogP contribution in [-0.2, 0) is 10.8 Å². The van der Waals surface area contributed by atoms with Gasteiger partial charge in [0.05, 0.1) is 28.2 Å². The molecule has 0 radical (unpaired) electrons. The lowest BCUT2D eigenvalue weighted by molar-refractivity contribution is 0.342. The minimum absolute atomic E-state index is 0.234. The first-order valence-corrected chi connectivity index (χ1v) is 7.28. The van der Waals surface area contributed by atoms with Gasteiger partial charge in [-0.3, -0.25) is 4.21 Å². The summed E-state index contributed by atoms with van der Waals surface area (Å²) < 4.78 is 30.4. The van der Waals surface area contributed by atoms with Crippen LogP contribution in [0.25, 0.3) is 0 Å². The van der Waals surface area contributed by atoms with Gasteiger partial charge < -0.3 is 4.74 Å². The highest BCUT2D eigenvalue weighted by molar-refractivity contribution is 7.85. The zero-order valence-corrected chi connectivity index (χ0v) is 11.4. The Labute approximate surface area is 119 Å². The molecule has 0 saturated carbocycles. The van der Waals surface area contributed by atoms with E-state index in [9.17, 15) is 8.60 Å². The number of nitriles is 1. The predicted octanol–water partition coefficient (Wildman–Crippen LogP) is 2.88. The van der Waals surface area contributed by atoms with E-state index in [-0.39, 0.29) is 12.4 Å². The number of ether oxygens (including phenoxy) is 1. The Morgan fingerprint density at radius 3 is 2.75 bits per heavy atom. The molecule has 0 aliphatic carbocycles. The maximum absolute atomic E-state index is 13.0. The summed E-state index contributed by atoms with van der Waals surface area (Å²) in [7, 11) is -1.30. The van der Waals surface area contributed by atoms with Gasteiger partial charge in [-0.1, -0.05) is 12.1 Å². The summed E-state index contributed by atoms with van der Waals surface area (Å²) in [4.78, 5) is 0.444. The van der Waals surface area contributed by atoms with Gasteiger partial charge >= 0.3 is 0 Å². The third-order valence-corrected chi connectivity index (χ3v) is 3.88. The Hall–Kier alpha value is -2.19. The summed E-state index contributed by atoms with van der Waals surface area (Å²) in [5.74, 6) is 0.416. The lowest BCUT2D eigenvalue weighted by Crippen LogP contribution is -2.08. The molecule has 0 heterocycles. The van der Waals surface area contributed by atoms with Crippen molar-refractivity contribution in [2.75, 3.05) is 12.4 Å². The molecule has 0 bridgehead atoms. The minimum atomic E-state index is -1.30. The lowest BCUT2D eigenvalue weighted by Gasteiger charge is -2.06. The van der Waals surface area contributed by atoms with Gasteiger partial charge in [0.2, 0.25) is 0 Å². The number of benzene rings is 2. The summed E-state index contributed by atoms with van der Waals surface area (Å²) in [6, 6.07) is 14.5. The van der Waals surface area contributed by atoms with Crippen molar-refractivity contribution >= 4 is 10.8 Å². The maximum atomic E-state index is 13.0. The number of nitrogens with zero attached hydrogens (tertiary/aromatic N) is 1. The van der Waals surface area contributed by atoms with E-state index >= 15 is 0 Å². The van der Waals surface area contributed by atoms with E-state index in [0.29, 0.717) is 16.2 Å². The van der Waals surface area contributed by atoms with Crippen LogP contribution in [-0.4, -0.2) is 16.6 Å². The summed E-state index contributed by atoms with van der Waals surface area (Å²) in [5.41, 5.74) is 0.508. The SMILES string of the molecule is N#Cc1cccc(OCCS(=O)c2cccc(F)c2)c1. The zero-order chi connectivity index (χ0) is 14.4. The Bertz CT molecular complexity index is 667. The smallest absolute Gasteiger partial charge is 0.124 e. The molecule has 2 rings (SSSR count). The van der Waals surface area contributed by atoms with Crippen LogP contribution in [0.2, 0.25) is 0 Å². The molecule has 0 aromatic heterocycles. The summed E-state index contributed by atoms with van der Waals surface area (Å²) >= 11 is 0. The van der Waals surface area contributed by atoms with Gasteiger partial charge in [-0.25, -0.2) is 4.39 Å². The van der Waals surface area contributed by atoms with Crippen LogP contribution in [0.4, 0.5) is 4.39 Å². The molecule has 0 N–H and O–H groups in total. The molecule has 20 heavy (non-hydrogen) atoms. The van der Waals surface area contributed by atoms with Crippen molar-refractivity contribution in [3.8, 4) is 11.8 Å². The molecule has 0 fully saturated rings. The third-order valence-electron chi connectivity index (χ3n) is 2.56. The van der Waals surface area contributed by atoms with E-state index in [4.69, 9.17) is 10.00 Å². The van der Waals surface area contributed by atoms with Gasteiger partial charge in [-0.2, -0.15) is 5.26 Å². The highest BCUT2D eigenvalue weighted by Crippen LogP contribution is 2.13. The van der Waals surface area contributed by atoms with Gasteiger partial charge in [0.1, 0.15) is 18.2 Å². The molecule has 5 heteroatoms. The summed E-state index contributed by atoms with van der Waals surface area (Å²) in [6.45, 7) is 0.234. The van der Waals surface area contributed by atoms with Crippen molar-refractivity contribution in [3.05, 3.63) is 59.9 Å². The largest absolute Gasteiger partial charge is 0.493 e. The van der Waals surface area contributed by atoms with Gasteiger partial charge in [0, 0.05) is 4.90 Å². The third kappa shape index (κ3) is 3.90. The summed E-state index contributed by atoms with van der Waals surface area (Å²) in [5, 5.41) is 8.76. The van der Waals surface area contributed by atoms with Gasteiger partial charge in [-0.15, -0.1) is 0 Å². The van der Waals surface area contributed by atoms with Crippen molar-refractivity contribution in [1.29, 1.82) is 5.26 Å². The molecular formula is C15H12FNO2S. The van der Waals surface area contributed by atoms with Crippen LogP contribution in [0.5, 0.6) is 5.75 Å². The normalized spacial score (nSPS) is 11.6. The van der Waals surface area contributed by atoms with E-state index < -0.39 is 16.6 Å². The van der Waals surface area contributed by atoms with E-state index in [0.717, 1.165) is 0 Å². The minimum Gasteiger partial charge on any atom is -0.493 e. The van der Waals surface area contributed by atoms with Crippen molar-refractivity contribution in [1.82, 2.24) is 0 Å². The fraction of sp³-hybridized carbons (Fsp3) is 0.133. The van der Waals surface area contributed by atoms with Crippen LogP contribution in [0.1, 0.15) is 5.56 Å². The molecule has 0 aliphatic rings. The van der Waals surface area contributed by atoms with Crippen molar-refractivity contribution in [3.63, 3.8) is 0 Å². The molecule has 1 atom stereocenters. The summed E-state index contributed by atoms with van der Waals surface area (Å²) in [6.07, 6.45) is 0. The van der Waals surface area contributed by atoms with E-state index in [1.54, 1.807) is 30.3 Å². The van der Waals surface area contributed by atoms with Crippen molar-refractivity contribution in [2.24, 2.45) is 0 Å². The second kappa shape index (κ2) is 6.83. The first-order chi connectivity index (χ1) is 9.69. The van der Waals surface area contributed by atoms with Gasteiger partial charge in [-0.05, 0) is 36.4 Å². The fourth-order valence-electron chi connectivity index (χ4n) is 1.62. The van der Waals surface area contributed by atoms with Gasteiger partial charge in [0.25, 0.3) is 0 Å². The number of hydrogen-bond acceptors (Lipinski definition) is 3. The second-order valence-electron chi connectivity index (χ2n) is 4.00. The molecule has 1 unspecified atom stereocenters. The van der Waals surface area contributed by atoms with Crippen LogP contribution in [0.15, 0.2) is 53.4 Å². The molecule has 2 aromatic rings. The Kier molecular flexibility index (Phi) is 4.85. The highest BCUT2D eigenvalue weighted by Gasteiger charge is 2.05. The quantitative estimate of drug-likeness (QED) is 0.850. The van der Waals surface area contributed by atoms with Crippen molar-refractivity contribution in [2.45, 2.75) is 4.90 Å². The molecule has 0 aliphatic heterocycles. The van der Waals surface area contributed by atoms with E-state index in [1.807, 2.05) is 6.07 Å². The van der Waals surface area contributed by atoms with Gasteiger partial charge in [0.15, 0.2) is 0 Å². The average Bonchev–Trinajstić information content (AvgIpc) is 2.47. The van der Waals surface area contributed by atoms with Crippen LogP contribution in [0, 0.1) is 17.1 Å².